The van der Waals surface area contributed by atoms with Gasteiger partial charge in [-0.05, 0) is 43.9 Å². The summed E-state index contributed by atoms with van der Waals surface area (Å²) in [4.78, 5) is 0. The Morgan fingerprint density at radius 2 is 2.05 bits per heavy atom. The predicted molar refractivity (Wildman–Crippen MR) is 77.7 cm³/mol. The molecule has 2 unspecified atom stereocenters. The molecule has 1 aliphatic rings. The minimum Gasteiger partial charge on any atom is -0.489 e. The van der Waals surface area contributed by atoms with Gasteiger partial charge >= 0.3 is 0 Å². The van der Waals surface area contributed by atoms with E-state index in [-0.39, 0.29) is 12.1 Å². The standard InChI is InChI=1S/C15H22ClNO2/c1-10(17)11-6-7-15(14(16)8-11)19-13-5-3-4-12(9-13)18-2/h6-8,10,12-13H,3-5,9,17H2,1-2H3/t10-,12?,13?/m0/s1. The van der Waals surface area contributed by atoms with Crippen molar-refractivity contribution < 1.29 is 9.47 Å². The first-order chi connectivity index (χ1) is 9.10. The van der Waals surface area contributed by atoms with E-state index in [2.05, 4.69) is 0 Å². The monoisotopic (exact) mass is 283 g/mol. The maximum absolute atomic E-state index is 6.25. The van der Waals surface area contributed by atoms with Crippen molar-refractivity contribution in [3.05, 3.63) is 28.8 Å². The SMILES string of the molecule is COC1CCCC(Oc2ccc([C@H](C)N)cc2Cl)C1. The molecule has 2 rings (SSSR count). The van der Waals surface area contributed by atoms with E-state index < -0.39 is 0 Å². The fourth-order valence-electron chi connectivity index (χ4n) is 2.50. The summed E-state index contributed by atoms with van der Waals surface area (Å²) in [5, 5.41) is 0.634. The Bertz CT molecular complexity index is 423. The Balaban J connectivity index is 2.02. The molecule has 0 aromatic heterocycles. The number of hydrogen-bond acceptors (Lipinski definition) is 3. The van der Waals surface area contributed by atoms with E-state index in [1.165, 1.54) is 0 Å². The lowest BCUT2D eigenvalue weighted by Gasteiger charge is -2.29. The fraction of sp³-hybridized carbons (Fsp3) is 0.600. The zero-order valence-corrected chi connectivity index (χ0v) is 12.3. The zero-order chi connectivity index (χ0) is 13.8. The molecule has 0 aliphatic heterocycles. The molecule has 4 heteroatoms. The van der Waals surface area contributed by atoms with Gasteiger partial charge in [-0.3, -0.25) is 0 Å². The molecule has 3 nitrogen and oxygen atoms in total. The van der Waals surface area contributed by atoms with Crippen LogP contribution in [-0.4, -0.2) is 19.3 Å². The van der Waals surface area contributed by atoms with E-state index in [1.54, 1.807) is 7.11 Å². The molecule has 1 aliphatic carbocycles. The molecule has 0 heterocycles. The van der Waals surface area contributed by atoms with E-state index in [1.807, 2.05) is 25.1 Å². The fourth-order valence-corrected chi connectivity index (χ4v) is 2.73. The van der Waals surface area contributed by atoms with Crippen molar-refractivity contribution in [2.24, 2.45) is 5.73 Å². The number of hydrogen-bond donors (Lipinski definition) is 1. The number of rotatable bonds is 4. The summed E-state index contributed by atoms with van der Waals surface area (Å²) in [6.07, 6.45) is 4.75. The molecule has 106 valence electrons. The van der Waals surface area contributed by atoms with Gasteiger partial charge in [0.15, 0.2) is 0 Å². The highest BCUT2D eigenvalue weighted by molar-refractivity contribution is 6.32. The normalized spacial score (nSPS) is 25.1. The van der Waals surface area contributed by atoms with Crippen molar-refractivity contribution in [3.8, 4) is 5.75 Å². The molecule has 1 fully saturated rings. The third kappa shape index (κ3) is 3.85. The minimum atomic E-state index is -0.0147. The maximum Gasteiger partial charge on any atom is 0.138 e. The van der Waals surface area contributed by atoms with Crippen LogP contribution in [0.5, 0.6) is 5.75 Å². The van der Waals surface area contributed by atoms with Crippen molar-refractivity contribution in [2.45, 2.75) is 50.9 Å². The smallest absolute Gasteiger partial charge is 0.138 e. The van der Waals surface area contributed by atoms with Crippen molar-refractivity contribution in [1.29, 1.82) is 0 Å². The van der Waals surface area contributed by atoms with Gasteiger partial charge in [0, 0.05) is 19.6 Å². The predicted octanol–water partition coefficient (Wildman–Crippen LogP) is 3.70. The lowest BCUT2D eigenvalue weighted by molar-refractivity contribution is 0.0210. The molecule has 1 saturated carbocycles. The molecule has 0 radical (unpaired) electrons. The highest BCUT2D eigenvalue weighted by atomic mass is 35.5. The molecule has 1 aromatic carbocycles. The number of halogens is 1. The average Bonchev–Trinajstić information content (AvgIpc) is 2.41. The van der Waals surface area contributed by atoms with Crippen molar-refractivity contribution >= 4 is 11.6 Å². The molecule has 0 bridgehead atoms. The number of benzene rings is 1. The van der Waals surface area contributed by atoms with Gasteiger partial charge < -0.3 is 15.2 Å². The first kappa shape index (κ1) is 14.6. The minimum absolute atomic E-state index is 0.0147. The summed E-state index contributed by atoms with van der Waals surface area (Å²) in [6, 6.07) is 5.76. The summed E-state index contributed by atoms with van der Waals surface area (Å²) in [5.41, 5.74) is 6.86. The highest BCUT2D eigenvalue weighted by Gasteiger charge is 2.23. The zero-order valence-electron chi connectivity index (χ0n) is 11.6. The average molecular weight is 284 g/mol. The lowest BCUT2D eigenvalue weighted by Crippen LogP contribution is -2.29. The first-order valence-electron chi connectivity index (χ1n) is 6.84. The van der Waals surface area contributed by atoms with Gasteiger partial charge in [-0.15, -0.1) is 0 Å². The largest absolute Gasteiger partial charge is 0.489 e. The number of methoxy groups -OCH3 is 1. The quantitative estimate of drug-likeness (QED) is 0.916. The highest BCUT2D eigenvalue weighted by Crippen LogP contribution is 2.31. The second-order valence-corrected chi connectivity index (χ2v) is 5.65. The Labute approximate surface area is 120 Å². The van der Waals surface area contributed by atoms with Crippen LogP contribution < -0.4 is 10.5 Å². The number of nitrogens with two attached hydrogens (primary N) is 1. The molecule has 0 saturated heterocycles. The second-order valence-electron chi connectivity index (χ2n) is 5.24. The molecule has 2 N–H and O–H groups in total. The van der Waals surface area contributed by atoms with Crippen LogP contribution in [0.4, 0.5) is 0 Å². The summed E-state index contributed by atoms with van der Waals surface area (Å²) in [6.45, 7) is 1.94. The molecular formula is C15H22ClNO2. The van der Waals surface area contributed by atoms with Gasteiger partial charge in [0.05, 0.1) is 11.1 Å². The second kappa shape index (κ2) is 6.60. The van der Waals surface area contributed by atoms with E-state index >= 15 is 0 Å². The van der Waals surface area contributed by atoms with Crippen LogP contribution in [0.1, 0.15) is 44.2 Å². The van der Waals surface area contributed by atoms with E-state index in [0.717, 1.165) is 37.0 Å². The van der Waals surface area contributed by atoms with E-state index in [4.69, 9.17) is 26.8 Å². The molecule has 3 atom stereocenters. The van der Waals surface area contributed by atoms with Crippen molar-refractivity contribution in [3.63, 3.8) is 0 Å². The van der Waals surface area contributed by atoms with E-state index in [9.17, 15) is 0 Å². The van der Waals surface area contributed by atoms with Crippen LogP contribution in [-0.2, 0) is 4.74 Å². The van der Waals surface area contributed by atoms with Gasteiger partial charge in [-0.25, -0.2) is 0 Å². The summed E-state index contributed by atoms with van der Waals surface area (Å²) in [5.74, 6) is 0.743. The van der Waals surface area contributed by atoms with Gasteiger partial charge in [0.1, 0.15) is 11.9 Å². The molecule has 1 aromatic rings. The van der Waals surface area contributed by atoms with Gasteiger partial charge in [-0.2, -0.15) is 0 Å². The summed E-state index contributed by atoms with van der Waals surface area (Å²) >= 11 is 6.25. The third-order valence-electron chi connectivity index (χ3n) is 3.69. The van der Waals surface area contributed by atoms with Crippen LogP contribution in [0.2, 0.25) is 5.02 Å². The van der Waals surface area contributed by atoms with Crippen LogP contribution in [0, 0.1) is 0 Å². The molecule has 0 spiro atoms. The van der Waals surface area contributed by atoms with E-state index in [0.29, 0.717) is 11.1 Å². The third-order valence-corrected chi connectivity index (χ3v) is 3.98. The Kier molecular flexibility index (Phi) is 5.08. The Morgan fingerprint density at radius 1 is 1.32 bits per heavy atom. The summed E-state index contributed by atoms with van der Waals surface area (Å²) in [7, 11) is 1.76. The van der Waals surface area contributed by atoms with Crippen molar-refractivity contribution in [2.75, 3.05) is 7.11 Å². The van der Waals surface area contributed by atoms with Crippen LogP contribution in [0.15, 0.2) is 18.2 Å². The van der Waals surface area contributed by atoms with Crippen LogP contribution in [0.3, 0.4) is 0 Å². The van der Waals surface area contributed by atoms with Gasteiger partial charge in [-0.1, -0.05) is 17.7 Å². The lowest BCUT2D eigenvalue weighted by atomic mass is 9.95. The molecule has 0 amide bonds. The van der Waals surface area contributed by atoms with Crippen LogP contribution >= 0.6 is 11.6 Å². The first-order valence-corrected chi connectivity index (χ1v) is 7.22. The Morgan fingerprint density at radius 3 is 2.68 bits per heavy atom. The molecule has 19 heavy (non-hydrogen) atoms. The van der Waals surface area contributed by atoms with Crippen molar-refractivity contribution in [1.82, 2.24) is 0 Å². The topological polar surface area (TPSA) is 44.5 Å². The number of ether oxygens (including phenoxy) is 2. The summed E-state index contributed by atoms with van der Waals surface area (Å²) < 4.78 is 11.4. The van der Waals surface area contributed by atoms with Gasteiger partial charge in [0.2, 0.25) is 0 Å². The van der Waals surface area contributed by atoms with Gasteiger partial charge in [0.25, 0.3) is 0 Å². The maximum atomic E-state index is 6.25. The Hall–Kier alpha value is -0.770. The molecular weight excluding hydrogens is 262 g/mol. The van der Waals surface area contributed by atoms with Crippen LogP contribution in [0.25, 0.3) is 0 Å².